The summed E-state index contributed by atoms with van der Waals surface area (Å²) in [6, 6.07) is 0. The van der Waals surface area contributed by atoms with Crippen molar-refractivity contribution < 1.29 is 13.7 Å². The van der Waals surface area contributed by atoms with Crippen LogP contribution in [0.3, 0.4) is 0 Å². The lowest BCUT2D eigenvalue weighted by Crippen LogP contribution is -2.06. The van der Waals surface area contributed by atoms with Crippen molar-refractivity contribution in [1.29, 1.82) is 0 Å². The molecule has 6 heteroatoms. The van der Waals surface area contributed by atoms with Gasteiger partial charge in [-0.25, -0.2) is 19.0 Å². The van der Waals surface area contributed by atoms with Crippen LogP contribution in [-0.4, -0.2) is 26.8 Å². The third-order valence-corrected chi connectivity index (χ3v) is 3.03. The minimum Gasteiger partial charge on any atom is -0.462 e. The predicted octanol–water partition coefficient (Wildman–Crippen LogP) is 0.502. The lowest BCUT2D eigenvalue weighted by Gasteiger charge is -2.02. The second-order valence-corrected chi connectivity index (χ2v) is 4.01. The van der Waals surface area contributed by atoms with Gasteiger partial charge >= 0.3 is 5.97 Å². The molecule has 1 atom stereocenters. The van der Waals surface area contributed by atoms with E-state index in [1.54, 1.807) is 6.92 Å². The molecular weight excluding hydrogens is 216 g/mol. The van der Waals surface area contributed by atoms with Crippen molar-refractivity contribution in [1.82, 2.24) is 9.97 Å². The summed E-state index contributed by atoms with van der Waals surface area (Å²) in [5.41, 5.74) is 0.778. The highest BCUT2D eigenvalue weighted by Crippen LogP contribution is 2.28. The van der Waals surface area contributed by atoms with Crippen LogP contribution in [0.15, 0.2) is 23.0 Å². The molecule has 1 aliphatic rings. The summed E-state index contributed by atoms with van der Waals surface area (Å²) in [5.74, 6) is -0.487. The first-order valence-electron chi connectivity index (χ1n) is 4.34. The Morgan fingerprint density at radius 3 is 3.13 bits per heavy atom. The van der Waals surface area contributed by atoms with Crippen LogP contribution < -0.4 is 0 Å². The third kappa shape index (κ3) is 1.68. The fraction of sp³-hybridized carbons (Fsp3) is 0.222. The average molecular weight is 224 g/mol. The van der Waals surface area contributed by atoms with E-state index >= 15 is 0 Å². The van der Waals surface area contributed by atoms with Crippen molar-refractivity contribution in [2.45, 2.75) is 11.9 Å². The number of hydrogen-bond acceptors (Lipinski definition) is 5. The van der Waals surface area contributed by atoms with Gasteiger partial charge in [0.2, 0.25) is 0 Å². The van der Waals surface area contributed by atoms with Gasteiger partial charge in [0.25, 0.3) is 0 Å². The fourth-order valence-electron chi connectivity index (χ4n) is 1.26. The van der Waals surface area contributed by atoms with Gasteiger partial charge in [-0.1, -0.05) is 0 Å². The highest BCUT2D eigenvalue weighted by atomic mass is 32.2. The molecule has 2 rings (SSSR count). The van der Waals surface area contributed by atoms with E-state index in [4.69, 9.17) is 4.74 Å². The van der Waals surface area contributed by atoms with Gasteiger partial charge in [0.05, 0.1) is 23.0 Å². The number of rotatable bonds is 2. The Bertz CT molecular complexity index is 470. The Morgan fingerprint density at radius 2 is 2.40 bits per heavy atom. The van der Waals surface area contributed by atoms with Gasteiger partial charge in [0, 0.05) is 17.2 Å². The molecule has 0 saturated carbocycles. The van der Waals surface area contributed by atoms with E-state index < -0.39 is 16.8 Å². The largest absolute Gasteiger partial charge is 0.462 e. The first-order valence-corrected chi connectivity index (χ1v) is 5.55. The molecule has 0 saturated heterocycles. The van der Waals surface area contributed by atoms with Crippen molar-refractivity contribution >= 4 is 22.3 Å². The Kier molecular flexibility index (Phi) is 2.59. The SMILES string of the molecule is CCOC(=O)C1=CS(=O)c2ncncc21. The van der Waals surface area contributed by atoms with Crippen LogP contribution in [0.4, 0.5) is 0 Å². The molecular formula is C9H8N2O3S. The van der Waals surface area contributed by atoms with E-state index in [0.717, 1.165) is 0 Å². The topological polar surface area (TPSA) is 69.2 Å². The van der Waals surface area contributed by atoms with Crippen LogP contribution in [-0.2, 0) is 20.3 Å². The average Bonchev–Trinajstić information content (AvgIpc) is 2.58. The Hall–Kier alpha value is -1.56. The minimum absolute atomic E-state index is 0.283. The molecule has 0 aromatic carbocycles. The van der Waals surface area contributed by atoms with Crippen molar-refractivity contribution in [3.8, 4) is 0 Å². The monoisotopic (exact) mass is 224 g/mol. The number of fused-ring (bicyclic) bond motifs is 1. The summed E-state index contributed by atoms with van der Waals surface area (Å²) < 4.78 is 16.4. The van der Waals surface area contributed by atoms with Crippen molar-refractivity contribution in [2.24, 2.45) is 0 Å². The van der Waals surface area contributed by atoms with E-state index in [1.165, 1.54) is 17.9 Å². The number of carbonyl (C=O) groups is 1. The Morgan fingerprint density at radius 1 is 1.60 bits per heavy atom. The number of ether oxygens (including phenoxy) is 1. The van der Waals surface area contributed by atoms with E-state index in [-0.39, 0.29) is 12.2 Å². The number of carbonyl (C=O) groups excluding carboxylic acids is 1. The Labute approximate surface area is 88.6 Å². The number of aromatic nitrogens is 2. The molecule has 0 N–H and O–H groups in total. The smallest absolute Gasteiger partial charge is 0.339 e. The summed E-state index contributed by atoms with van der Waals surface area (Å²) in [5, 5.41) is 1.71. The standard InChI is InChI=1S/C9H8N2O3S/c1-2-14-9(12)7-4-15(13)8-6(7)3-10-5-11-8/h3-5H,2H2,1H3. The number of nitrogens with zero attached hydrogens (tertiary/aromatic N) is 2. The van der Waals surface area contributed by atoms with Gasteiger partial charge in [-0.3, -0.25) is 0 Å². The molecule has 2 heterocycles. The van der Waals surface area contributed by atoms with Gasteiger partial charge in [-0.15, -0.1) is 0 Å². The zero-order valence-corrected chi connectivity index (χ0v) is 8.78. The summed E-state index contributed by atoms with van der Waals surface area (Å²) in [6.45, 7) is 2.00. The quantitative estimate of drug-likeness (QED) is 0.540. The molecule has 0 spiro atoms. The molecule has 0 fully saturated rings. The van der Waals surface area contributed by atoms with Gasteiger partial charge in [0.15, 0.2) is 0 Å². The van der Waals surface area contributed by atoms with Gasteiger partial charge in [-0.05, 0) is 6.92 Å². The zero-order chi connectivity index (χ0) is 10.8. The normalized spacial score (nSPS) is 18.2. The Balaban J connectivity index is 2.41. The van der Waals surface area contributed by atoms with Gasteiger partial charge in [-0.2, -0.15) is 0 Å². The highest BCUT2D eigenvalue weighted by molar-refractivity contribution is 7.88. The maximum atomic E-state index is 11.5. The van der Waals surface area contributed by atoms with Crippen molar-refractivity contribution in [3.05, 3.63) is 23.5 Å². The van der Waals surface area contributed by atoms with Crippen LogP contribution in [0, 0.1) is 0 Å². The second kappa shape index (κ2) is 3.90. The fourth-order valence-corrected chi connectivity index (χ4v) is 2.34. The number of hydrogen-bond donors (Lipinski definition) is 0. The lowest BCUT2D eigenvalue weighted by atomic mass is 10.2. The number of esters is 1. The van der Waals surface area contributed by atoms with Crippen LogP contribution >= 0.6 is 0 Å². The first kappa shape index (κ1) is 9.97. The zero-order valence-electron chi connectivity index (χ0n) is 7.97. The van der Waals surface area contributed by atoms with Crippen LogP contribution in [0.5, 0.6) is 0 Å². The van der Waals surface area contributed by atoms with E-state index in [2.05, 4.69) is 9.97 Å². The van der Waals surface area contributed by atoms with E-state index in [9.17, 15) is 9.00 Å². The molecule has 0 bridgehead atoms. The minimum atomic E-state index is -1.37. The molecule has 78 valence electrons. The molecule has 1 aromatic rings. The van der Waals surface area contributed by atoms with Crippen LogP contribution in [0.1, 0.15) is 12.5 Å². The summed E-state index contributed by atoms with van der Waals surface area (Å²) >= 11 is 0. The van der Waals surface area contributed by atoms with E-state index in [0.29, 0.717) is 10.6 Å². The van der Waals surface area contributed by atoms with Gasteiger partial charge in [0.1, 0.15) is 11.4 Å². The lowest BCUT2D eigenvalue weighted by molar-refractivity contribution is -0.136. The van der Waals surface area contributed by atoms with Gasteiger partial charge < -0.3 is 4.74 Å². The van der Waals surface area contributed by atoms with Crippen LogP contribution in [0.25, 0.3) is 5.57 Å². The summed E-state index contributed by atoms with van der Waals surface area (Å²) in [7, 11) is -1.37. The molecule has 1 unspecified atom stereocenters. The molecule has 15 heavy (non-hydrogen) atoms. The third-order valence-electron chi connectivity index (χ3n) is 1.88. The second-order valence-electron chi connectivity index (χ2n) is 2.79. The molecule has 1 aromatic heterocycles. The maximum Gasteiger partial charge on any atom is 0.339 e. The summed E-state index contributed by atoms with van der Waals surface area (Å²) in [4.78, 5) is 19.1. The maximum absolute atomic E-state index is 11.5. The van der Waals surface area contributed by atoms with Crippen LogP contribution in [0.2, 0.25) is 0 Å². The highest BCUT2D eigenvalue weighted by Gasteiger charge is 2.27. The molecule has 0 radical (unpaired) electrons. The molecule has 0 amide bonds. The molecule has 0 aliphatic carbocycles. The first-order chi connectivity index (χ1) is 7.24. The molecule has 5 nitrogen and oxygen atoms in total. The van der Waals surface area contributed by atoms with E-state index in [1.807, 2.05) is 0 Å². The van der Waals surface area contributed by atoms with Crippen molar-refractivity contribution in [2.75, 3.05) is 6.61 Å². The summed E-state index contributed by atoms with van der Waals surface area (Å²) in [6.07, 6.45) is 2.77. The molecule has 1 aliphatic heterocycles. The van der Waals surface area contributed by atoms with Crippen molar-refractivity contribution in [3.63, 3.8) is 0 Å². The predicted molar refractivity (Wildman–Crippen MR) is 53.1 cm³/mol.